The molecule has 27 heavy (non-hydrogen) atoms. The summed E-state index contributed by atoms with van der Waals surface area (Å²) in [5, 5.41) is 13.4. The molecule has 8 nitrogen and oxygen atoms in total. The van der Waals surface area contributed by atoms with E-state index in [1.807, 2.05) is 0 Å². The number of hydrogen-bond acceptors (Lipinski definition) is 6. The molecule has 0 aromatic carbocycles. The summed E-state index contributed by atoms with van der Waals surface area (Å²) in [4.78, 5) is 18.1. The first-order valence-corrected chi connectivity index (χ1v) is 10.4. The van der Waals surface area contributed by atoms with Crippen LogP contribution in [0.2, 0.25) is 0 Å². The van der Waals surface area contributed by atoms with Gasteiger partial charge >= 0.3 is 0 Å². The van der Waals surface area contributed by atoms with Gasteiger partial charge in [0.2, 0.25) is 11.8 Å². The smallest absolute Gasteiger partial charge is 0.232 e. The topological polar surface area (TPSA) is 86.1 Å². The van der Waals surface area contributed by atoms with E-state index in [1.165, 1.54) is 0 Å². The molecule has 1 aliphatic carbocycles. The maximum absolute atomic E-state index is 10.0. The number of piperazine rings is 1. The maximum Gasteiger partial charge on any atom is 0.232 e. The molecule has 0 radical (unpaired) electrons. The van der Waals surface area contributed by atoms with Crippen molar-refractivity contribution in [2.24, 2.45) is 10.9 Å². The lowest BCUT2D eigenvalue weighted by Crippen LogP contribution is -2.53. The van der Waals surface area contributed by atoms with Gasteiger partial charge in [-0.25, -0.2) is 4.98 Å². The van der Waals surface area contributed by atoms with Crippen molar-refractivity contribution in [2.45, 2.75) is 32.3 Å². The molecule has 2 heterocycles. The van der Waals surface area contributed by atoms with Crippen LogP contribution in [0.4, 0.5) is 5.95 Å². The lowest BCUT2D eigenvalue weighted by Gasteiger charge is -2.36. The third-order valence-corrected chi connectivity index (χ3v) is 5.73. The Bertz CT molecular complexity index is 651. The fraction of sp³-hybridized carbons (Fsp3) is 0.722. The molecular formula is C18H29BrN6O2. The largest absolute Gasteiger partial charge is 0.480 e. The zero-order valence-electron chi connectivity index (χ0n) is 16.1. The van der Waals surface area contributed by atoms with Crippen LogP contribution in [-0.4, -0.2) is 78.4 Å². The zero-order chi connectivity index (χ0) is 19.2. The minimum Gasteiger partial charge on any atom is -0.480 e. The van der Waals surface area contributed by atoms with E-state index >= 15 is 0 Å². The van der Waals surface area contributed by atoms with Gasteiger partial charge in [-0.1, -0.05) is 6.42 Å². The van der Waals surface area contributed by atoms with Gasteiger partial charge in [0, 0.05) is 45.2 Å². The van der Waals surface area contributed by atoms with Gasteiger partial charge in [-0.15, -0.1) is 0 Å². The number of anilines is 1. The quantitative estimate of drug-likeness (QED) is 0.529. The average molecular weight is 441 g/mol. The van der Waals surface area contributed by atoms with E-state index in [9.17, 15) is 5.11 Å². The van der Waals surface area contributed by atoms with E-state index in [4.69, 9.17) is 9.73 Å². The number of guanidine groups is 1. The lowest BCUT2D eigenvalue weighted by atomic mass is 10.1. The van der Waals surface area contributed by atoms with Gasteiger partial charge in [0.25, 0.3) is 0 Å². The van der Waals surface area contributed by atoms with Gasteiger partial charge in [-0.3, -0.25) is 4.99 Å². The molecule has 9 heteroatoms. The molecule has 1 saturated heterocycles. The Balaban J connectivity index is 1.60. The SMILES string of the molecule is CCNC(=NCC1CCCC1O)N1CCN(c2ncc(Br)c(OC)n2)CC1. The average Bonchev–Trinajstić information content (AvgIpc) is 3.10. The number of aliphatic hydroxyl groups excluding tert-OH is 1. The summed E-state index contributed by atoms with van der Waals surface area (Å²) in [6.07, 6.45) is 4.62. The second-order valence-corrected chi connectivity index (χ2v) is 7.81. The molecule has 1 aromatic rings. The van der Waals surface area contributed by atoms with Crippen molar-refractivity contribution >= 4 is 27.8 Å². The molecule has 0 spiro atoms. The van der Waals surface area contributed by atoms with Crippen molar-refractivity contribution in [3.8, 4) is 5.88 Å². The highest BCUT2D eigenvalue weighted by atomic mass is 79.9. The third-order valence-electron chi connectivity index (χ3n) is 5.18. The highest BCUT2D eigenvalue weighted by Gasteiger charge is 2.26. The Morgan fingerprint density at radius 2 is 2.15 bits per heavy atom. The van der Waals surface area contributed by atoms with Crippen molar-refractivity contribution < 1.29 is 9.84 Å². The van der Waals surface area contributed by atoms with Crippen LogP contribution < -0.4 is 15.0 Å². The van der Waals surface area contributed by atoms with E-state index in [2.05, 4.69) is 47.9 Å². The molecular weight excluding hydrogens is 412 g/mol. The molecule has 2 unspecified atom stereocenters. The van der Waals surface area contributed by atoms with Crippen LogP contribution in [0.5, 0.6) is 5.88 Å². The summed E-state index contributed by atoms with van der Waals surface area (Å²) in [5.74, 6) is 2.47. The van der Waals surface area contributed by atoms with Crippen LogP contribution in [0.25, 0.3) is 0 Å². The second-order valence-electron chi connectivity index (χ2n) is 6.95. The molecule has 2 atom stereocenters. The Morgan fingerprint density at radius 1 is 1.37 bits per heavy atom. The standard InChI is InChI=1S/C18H29BrN6O2/c1-3-20-17(21-11-13-5-4-6-15(13)26)24-7-9-25(10-8-24)18-22-12-14(19)16(23-18)27-2/h12-13,15,26H,3-11H2,1-2H3,(H,20,21). The Morgan fingerprint density at radius 3 is 2.78 bits per heavy atom. The Kier molecular flexibility index (Phi) is 7.12. The van der Waals surface area contributed by atoms with Gasteiger partial charge < -0.3 is 25.0 Å². The number of nitrogens with zero attached hydrogens (tertiary/aromatic N) is 5. The van der Waals surface area contributed by atoms with Gasteiger partial charge in [0.15, 0.2) is 5.96 Å². The third kappa shape index (κ3) is 5.01. The molecule has 1 aliphatic heterocycles. The zero-order valence-corrected chi connectivity index (χ0v) is 17.7. The number of hydrogen-bond donors (Lipinski definition) is 2. The number of nitrogens with one attached hydrogen (secondary N) is 1. The normalized spacial score (nSPS) is 23.6. The minimum absolute atomic E-state index is 0.196. The fourth-order valence-corrected chi connectivity index (χ4v) is 3.97. The monoisotopic (exact) mass is 440 g/mol. The summed E-state index contributed by atoms with van der Waals surface area (Å²) in [6.45, 7) is 6.94. The number of aliphatic imine (C=N–C) groups is 1. The molecule has 2 fully saturated rings. The summed E-state index contributed by atoms with van der Waals surface area (Å²) < 4.78 is 6.03. The van der Waals surface area contributed by atoms with E-state index in [0.717, 1.165) is 62.4 Å². The van der Waals surface area contributed by atoms with E-state index < -0.39 is 0 Å². The minimum atomic E-state index is -0.196. The molecule has 1 aromatic heterocycles. The van der Waals surface area contributed by atoms with Crippen molar-refractivity contribution in [3.63, 3.8) is 0 Å². The van der Waals surface area contributed by atoms with Gasteiger partial charge in [-0.2, -0.15) is 4.98 Å². The van der Waals surface area contributed by atoms with Gasteiger partial charge in [0.05, 0.1) is 23.9 Å². The number of halogens is 1. The van der Waals surface area contributed by atoms with Gasteiger partial charge in [0.1, 0.15) is 0 Å². The van der Waals surface area contributed by atoms with Crippen molar-refractivity contribution in [3.05, 3.63) is 10.7 Å². The van der Waals surface area contributed by atoms with Crippen molar-refractivity contribution in [1.82, 2.24) is 20.2 Å². The van der Waals surface area contributed by atoms with Crippen LogP contribution in [0.1, 0.15) is 26.2 Å². The summed E-state index contributed by atoms with van der Waals surface area (Å²) in [6, 6.07) is 0. The summed E-state index contributed by atoms with van der Waals surface area (Å²) in [7, 11) is 1.61. The Labute approximate surface area is 169 Å². The number of methoxy groups -OCH3 is 1. The molecule has 150 valence electrons. The van der Waals surface area contributed by atoms with Crippen molar-refractivity contribution in [1.29, 1.82) is 0 Å². The first-order valence-electron chi connectivity index (χ1n) is 9.65. The van der Waals surface area contributed by atoms with Crippen LogP contribution >= 0.6 is 15.9 Å². The predicted molar refractivity (Wildman–Crippen MR) is 109 cm³/mol. The molecule has 1 saturated carbocycles. The van der Waals surface area contributed by atoms with Crippen LogP contribution in [0.15, 0.2) is 15.7 Å². The first kappa shape index (κ1) is 20.1. The molecule has 2 N–H and O–H groups in total. The molecule has 0 bridgehead atoms. The predicted octanol–water partition coefficient (Wildman–Crippen LogP) is 1.50. The molecule has 2 aliphatic rings. The fourth-order valence-electron chi connectivity index (χ4n) is 3.62. The van der Waals surface area contributed by atoms with Crippen LogP contribution in [0, 0.1) is 5.92 Å². The number of aromatic nitrogens is 2. The first-order chi connectivity index (χ1) is 13.1. The molecule has 0 amide bonds. The van der Waals surface area contributed by atoms with Crippen LogP contribution in [-0.2, 0) is 0 Å². The number of rotatable bonds is 5. The van der Waals surface area contributed by atoms with E-state index in [0.29, 0.717) is 24.3 Å². The van der Waals surface area contributed by atoms with E-state index in [-0.39, 0.29) is 6.10 Å². The molecule has 3 rings (SSSR count). The summed E-state index contributed by atoms with van der Waals surface area (Å²) in [5.41, 5.74) is 0. The second kappa shape index (κ2) is 9.54. The lowest BCUT2D eigenvalue weighted by molar-refractivity contribution is 0.136. The highest BCUT2D eigenvalue weighted by molar-refractivity contribution is 9.10. The summed E-state index contributed by atoms with van der Waals surface area (Å²) >= 11 is 3.39. The number of ether oxygens (including phenoxy) is 1. The maximum atomic E-state index is 10.0. The highest BCUT2D eigenvalue weighted by Crippen LogP contribution is 2.26. The van der Waals surface area contributed by atoms with E-state index in [1.54, 1.807) is 13.3 Å². The Hall–Kier alpha value is -1.61. The number of aliphatic hydroxyl groups is 1. The van der Waals surface area contributed by atoms with Crippen molar-refractivity contribution in [2.75, 3.05) is 51.3 Å². The van der Waals surface area contributed by atoms with Gasteiger partial charge in [-0.05, 0) is 35.7 Å². The van der Waals surface area contributed by atoms with Crippen LogP contribution in [0.3, 0.4) is 0 Å².